The molecule has 0 bridgehead atoms. The van der Waals surface area contributed by atoms with Crippen LogP contribution in [-0.4, -0.2) is 29.1 Å². The van der Waals surface area contributed by atoms with E-state index in [0.29, 0.717) is 12.5 Å². The summed E-state index contributed by atoms with van der Waals surface area (Å²) < 4.78 is 26.1. The van der Waals surface area contributed by atoms with Gasteiger partial charge in [0.25, 0.3) is 0 Å². The van der Waals surface area contributed by atoms with Crippen molar-refractivity contribution in [1.29, 1.82) is 0 Å². The first-order valence-electron chi connectivity index (χ1n) is 7.33. The molecule has 3 nitrogen and oxygen atoms in total. The van der Waals surface area contributed by atoms with Crippen molar-refractivity contribution < 1.29 is 18.7 Å². The first-order valence-corrected chi connectivity index (χ1v) is 7.33. The van der Waals surface area contributed by atoms with E-state index in [-0.39, 0.29) is 12.3 Å². The Kier molecular flexibility index (Phi) is 5.28. The lowest BCUT2D eigenvalue weighted by atomic mass is 9.84. The zero-order valence-electron chi connectivity index (χ0n) is 12.2. The van der Waals surface area contributed by atoms with E-state index in [1.54, 1.807) is 6.07 Å². The predicted octanol–water partition coefficient (Wildman–Crippen LogP) is 3.29. The fourth-order valence-electron chi connectivity index (χ4n) is 3.04. The van der Waals surface area contributed by atoms with Crippen LogP contribution in [0.1, 0.15) is 31.7 Å². The van der Waals surface area contributed by atoms with E-state index < -0.39 is 17.6 Å². The molecule has 2 unspecified atom stereocenters. The monoisotopic (exact) mass is 297 g/mol. The minimum atomic E-state index is -0.828. The molecule has 5 heteroatoms. The van der Waals surface area contributed by atoms with Crippen molar-refractivity contribution in [3.8, 4) is 0 Å². The molecular weight excluding hydrogens is 276 g/mol. The highest BCUT2D eigenvalue weighted by molar-refractivity contribution is 5.67. The lowest BCUT2D eigenvalue weighted by Gasteiger charge is -2.35. The summed E-state index contributed by atoms with van der Waals surface area (Å²) >= 11 is 0. The van der Waals surface area contributed by atoms with Gasteiger partial charge in [-0.1, -0.05) is 13.0 Å². The van der Waals surface area contributed by atoms with E-state index in [2.05, 4.69) is 4.90 Å². The summed E-state index contributed by atoms with van der Waals surface area (Å²) in [5.41, 5.74) is 0.750. The van der Waals surface area contributed by atoms with Gasteiger partial charge in [-0.2, -0.15) is 0 Å². The third-order valence-electron chi connectivity index (χ3n) is 4.23. The van der Waals surface area contributed by atoms with Crippen LogP contribution in [0.25, 0.3) is 0 Å². The standard InChI is InChI=1S/C16H21F2NO2/c1-11(7-16(20)21)13-3-2-6-19(10-13)9-12-4-5-14(17)15(18)8-12/h4-5,8,11,13H,2-3,6-7,9-10H2,1H3,(H,20,21). The highest BCUT2D eigenvalue weighted by atomic mass is 19.2. The van der Waals surface area contributed by atoms with Gasteiger partial charge in [0.1, 0.15) is 0 Å². The second-order valence-corrected chi connectivity index (χ2v) is 5.96. The molecule has 0 saturated carbocycles. The average molecular weight is 297 g/mol. The van der Waals surface area contributed by atoms with Crippen LogP contribution in [0.4, 0.5) is 8.78 Å². The smallest absolute Gasteiger partial charge is 0.303 e. The number of rotatable bonds is 5. The van der Waals surface area contributed by atoms with Gasteiger partial charge in [0.15, 0.2) is 11.6 Å². The number of halogens is 2. The van der Waals surface area contributed by atoms with Crippen LogP contribution in [0.2, 0.25) is 0 Å². The molecule has 21 heavy (non-hydrogen) atoms. The molecule has 0 amide bonds. The van der Waals surface area contributed by atoms with E-state index in [4.69, 9.17) is 5.11 Å². The van der Waals surface area contributed by atoms with Crippen LogP contribution in [0.3, 0.4) is 0 Å². The Balaban J connectivity index is 1.94. The number of likely N-dealkylation sites (tertiary alicyclic amines) is 1. The molecule has 0 radical (unpaired) electrons. The molecule has 2 atom stereocenters. The van der Waals surface area contributed by atoms with E-state index in [1.807, 2.05) is 6.92 Å². The van der Waals surface area contributed by atoms with Crippen LogP contribution in [0.5, 0.6) is 0 Å². The van der Waals surface area contributed by atoms with Crippen molar-refractivity contribution in [3.05, 3.63) is 35.4 Å². The van der Waals surface area contributed by atoms with Gasteiger partial charge in [-0.3, -0.25) is 9.69 Å². The molecule has 1 heterocycles. The number of hydrogen-bond acceptors (Lipinski definition) is 2. The van der Waals surface area contributed by atoms with Crippen LogP contribution in [0, 0.1) is 23.5 Å². The third-order valence-corrected chi connectivity index (χ3v) is 4.23. The SMILES string of the molecule is CC(CC(=O)O)C1CCCN(Cc2ccc(F)c(F)c2)C1. The summed E-state index contributed by atoms with van der Waals surface area (Å²) in [4.78, 5) is 13.0. The van der Waals surface area contributed by atoms with Crippen molar-refractivity contribution in [1.82, 2.24) is 4.90 Å². The molecule has 1 aliphatic heterocycles. The number of hydrogen-bond donors (Lipinski definition) is 1. The Hall–Kier alpha value is -1.49. The maximum atomic E-state index is 13.2. The molecule has 1 N–H and O–H groups in total. The third kappa shape index (κ3) is 4.49. The molecule has 1 saturated heterocycles. The van der Waals surface area contributed by atoms with Gasteiger partial charge in [-0.25, -0.2) is 8.78 Å². The number of piperidine rings is 1. The van der Waals surface area contributed by atoms with E-state index in [0.717, 1.165) is 37.6 Å². The number of carbonyl (C=O) groups is 1. The fraction of sp³-hybridized carbons (Fsp3) is 0.562. The molecule has 0 spiro atoms. The maximum absolute atomic E-state index is 13.2. The van der Waals surface area contributed by atoms with Crippen molar-refractivity contribution >= 4 is 5.97 Å². The summed E-state index contributed by atoms with van der Waals surface area (Å²) in [6.45, 7) is 4.27. The summed E-state index contributed by atoms with van der Waals surface area (Å²) in [6.07, 6.45) is 2.23. The molecule has 1 aromatic carbocycles. The average Bonchev–Trinajstić information content (AvgIpc) is 2.42. The topological polar surface area (TPSA) is 40.5 Å². The van der Waals surface area contributed by atoms with Gasteiger partial charge in [-0.05, 0) is 48.9 Å². The Morgan fingerprint density at radius 1 is 1.43 bits per heavy atom. The molecule has 116 valence electrons. The molecule has 0 aliphatic carbocycles. The lowest BCUT2D eigenvalue weighted by Crippen LogP contribution is -2.37. The maximum Gasteiger partial charge on any atom is 0.303 e. The summed E-state index contributed by atoms with van der Waals surface area (Å²) in [7, 11) is 0. The quantitative estimate of drug-likeness (QED) is 0.906. The highest BCUT2D eigenvalue weighted by Gasteiger charge is 2.26. The number of carboxylic acid groups (broad SMARTS) is 1. The first-order chi connectivity index (χ1) is 9.95. The van der Waals surface area contributed by atoms with Crippen LogP contribution < -0.4 is 0 Å². The van der Waals surface area contributed by atoms with Gasteiger partial charge >= 0.3 is 5.97 Å². The van der Waals surface area contributed by atoms with Crippen molar-refractivity contribution in [2.24, 2.45) is 11.8 Å². The highest BCUT2D eigenvalue weighted by Crippen LogP contribution is 2.27. The van der Waals surface area contributed by atoms with Gasteiger partial charge in [0.2, 0.25) is 0 Å². The Morgan fingerprint density at radius 2 is 2.19 bits per heavy atom. The van der Waals surface area contributed by atoms with Gasteiger partial charge in [-0.15, -0.1) is 0 Å². The molecule has 2 rings (SSSR count). The van der Waals surface area contributed by atoms with E-state index >= 15 is 0 Å². The molecule has 1 fully saturated rings. The number of carboxylic acids is 1. The summed E-state index contributed by atoms with van der Waals surface area (Å²) in [6, 6.07) is 3.99. The van der Waals surface area contributed by atoms with Crippen LogP contribution in [0.15, 0.2) is 18.2 Å². The van der Waals surface area contributed by atoms with Crippen molar-refractivity contribution in [2.75, 3.05) is 13.1 Å². The Morgan fingerprint density at radius 3 is 2.86 bits per heavy atom. The predicted molar refractivity (Wildman–Crippen MR) is 75.8 cm³/mol. The Labute approximate surface area is 123 Å². The van der Waals surface area contributed by atoms with Crippen LogP contribution in [-0.2, 0) is 11.3 Å². The molecule has 1 aromatic rings. The number of nitrogens with zero attached hydrogens (tertiary/aromatic N) is 1. The second kappa shape index (κ2) is 6.98. The molecule has 0 aromatic heterocycles. The van der Waals surface area contributed by atoms with Gasteiger partial charge in [0, 0.05) is 19.5 Å². The Bertz CT molecular complexity index is 507. The zero-order valence-corrected chi connectivity index (χ0v) is 12.2. The zero-order chi connectivity index (χ0) is 15.4. The largest absolute Gasteiger partial charge is 0.481 e. The van der Waals surface area contributed by atoms with Gasteiger partial charge in [0.05, 0.1) is 0 Å². The first kappa shape index (κ1) is 15.9. The summed E-state index contributed by atoms with van der Waals surface area (Å²) in [5, 5.41) is 8.88. The minimum Gasteiger partial charge on any atom is -0.481 e. The fourth-order valence-corrected chi connectivity index (χ4v) is 3.04. The van der Waals surface area contributed by atoms with Gasteiger partial charge < -0.3 is 5.11 Å². The molecular formula is C16H21F2NO2. The molecule has 1 aliphatic rings. The van der Waals surface area contributed by atoms with Crippen molar-refractivity contribution in [2.45, 2.75) is 32.7 Å². The second-order valence-electron chi connectivity index (χ2n) is 5.96. The minimum absolute atomic E-state index is 0.134. The number of aliphatic carboxylic acids is 1. The van der Waals surface area contributed by atoms with E-state index in [1.165, 1.54) is 6.07 Å². The number of benzene rings is 1. The van der Waals surface area contributed by atoms with E-state index in [9.17, 15) is 13.6 Å². The normalized spacial score (nSPS) is 21.2. The van der Waals surface area contributed by atoms with Crippen LogP contribution >= 0.6 is 0 Å². The summed E-state index contributed by atoms with van der Waals surface area (Å²) in [5.74, 6) is -1.93. The lowest BCUT2D eigenvalue weighted by molar-refractivity contribution is -0.138. The van der Waals surface area contributed by atoms with Crippen molar-refractivity contribution in [3.63, 3.8) is 0 Å².